The van der Waals surface area contributed by atoms with Crippen LogP contribution in [0, 0.1) is 0 Å². The first-order valence-electron chi connectivity index (χ1n) is 16.4. The Labute approximate surface area is 300 Å². The predicted molar refractivity (Wildman–Crippen MR) is 181 cm³/mol. The molecule has 2 aliphatic rings. The Morgan fingerprint density at radius 1 is 0.642 bits per heavy atom. The SMILES string of the molecule is OC[C@H]1O[C@@H](Oc2cc(O)cc3[o+]c(-c4ccc(O)c(O)c4)c(O[C@@H]4O[C@H](COCC=Cc5ccc(O)cc5)[C@@H](O)[C@H](O)[C@H]4O)cc23)[C@H](O)[C@@H](O)[C@@H]1O. The van der Waals surface area contributed by atoms with E-state index in [1.54, 1.807) is 24.3 Å². The van der Waals surface area contributed by atoms with E-state index < -0.39 is 85.3 Å². The molecule has 2 aliphatic heterocycles. The molecule has 0 spiro atoms. The minimum Gasteiger partial charge on any atom is -0.508 e. The van der Waals surface area contributed by atoms with E-state index in [-0.39, 0.29) is 52.8 Å². The molecule has 1 aromatic heterocycles. The van der Waals surface area contributed by atoms with E-state index in [4.69, 9.17) is 28.1 Å². The zero-order valence-electron chi connectivity index (χ0n) is 27.7. The lowest BCUT2D eigenvalue weighted by molar-refractivity contribution is -0.279. The zero-order chi connectivity index (χ0) is 38.0. The maximum atomic E-state index is 10.9. The summed E-state index contributed by atoms with van der Waals surface area (Å²) in [6.07, 6.45) is -12.9. The average molecular weight is 744 g/mol. The topological polar surface area (TPSA) is 280 Å². The van der Waals surface area contributed by atoms with Gasteiger partial charge in [-0.1, -0.05) is 24.3 Å². The number of rotatable bonds is 11. The van der Waals surface area contributed by atoms with Crippen LogP contribution in [-0.2, 0) is 14.2 Å². The second-order valence-electron chi connectivity index (χ2n) is 12.5. The molecule has 0 saturated carbocycles. The fourth-order valence-electron chi connectivity index (χ4n) is 5.81. The lowest BCUT2D eigenvalue weighted by Crippen LogP contribution is -2.60. The van der Waals surface area contributed by atoms with Crippen molar-refractivity contribution in [1.29, 1.82) is 0 Å². The highest BCUT2D eigenvalue weighted by Gasteiger charge is 2.47. The molecule has 17 heteroatoms. The van der Waals surface area contributed by atoms with Gasteiger partial charge in [-0.25, -0.2) is 4.42 Å². The van der Waals surface area contributed by atoms with Crippen molar-refractivity contribution in [2.24, 2.45) is 0 Å². The third-order valence-corrected chi connectivity index (χ3v) is 8.74. The van der Waals surface area contributed by atoms with Crippen LogP contribution in [0.2, 0.25) is 0 Å². The van der Waals surface area contributed by atoms with E-state index >= 15 is 0 Å². The summed E-state index contributed by atoms with van der Waals surface area (Å²) in [5.41, 5.74) is 0.859. The number of benzene rings is 3. The van der Waals surface area contributed by atoms with E-state index in [1.165, 1.54) is 36.4 Å². The molecule has 2 fully saturated rings. The highest BCUT2D eigenvalue weighted by molar-refractivity contribution is 5.89. The molecular formula is C36H39O17+. The van der Waals surface area contributed by atoms with Gasteiger partial charge in [-0.15, -0.1) is 0 Å². The molecule has 0 aliphatic carbocycles. The molecule has 17 nitrogen and oxygen atoms in total. The molecule has 2 saturated heterocycles. The fraction of sp³-hybridized carbons (Fsp3) is 0.361. The minimum absolute atomic E-state index is 0.0488. The molecule has 0 amide bonds. The standard InChI is InChI=1S/C36H38O17/c37-14-26-28(42)30(44)32(46)35(52-26)50-24-12-19(39)11-23-20(24)13-25(34(49-23)17-5-8-21(40)22(41)10-17)51-36-33(47)31(45)29(43)27(53-36)15-48-9-1-2-16-3-6-18(38)7-4-16/h1-8,10-13,26-33,35-37,42-47H,9,14-15H2,(H3-,38,39,40,41)/p+1/t26-,27-,28-,29-,30+,31+,32-,33-,35-,36-/m1/s1. The molecule has 0 radical (unpaired) electrons. The molecular weight excluding hydrogens is 704 g/mol. The van der Waals surface area contributed by atoms with Gasteiger partial charge in [0.15, 0.2) is 11.5 Å². The fourth-order valence-corrected chi connectivity index (χ4v) is 5.81. The molecule has 53 heavy (non-hydrogen) atoms. The molecule has 4 aromatic rings. The van der Waals surface area contributed by atoms with Gasteiger partial charge in [0.2, 0.25) is 18.3 Å². The number of aromatic hydroxyl groups is 4. The van der Waals surface area contributed by atoms with Crippen molar-refractivity contribution in [3.63, 3.8) is 0 Å². The van der Waals surface area contributed by atoms with Crippen LogP contribution in [0.3, 0.4) is 0 Å². The van der Waals surface area contributed by atoms with Gasteiger partial charge in [0.1, 0.15) is 71.5 Å². The van der Waals surface area contributed by atoms with Crippen molar-refractivity contribution in [2.75, 3.05) is 19.8 Å². The van der Waals surface area contributed by atoms with Crippen molar-refractivity contribution in [3.8, 4) is 45.8 Å². The number of phenols is 4. The van der Waals surface area contributed by atoms with Crippen LogP contribution < -0.4 is 9.47 Å². The van der Waals surface area contributed by atoms with E-state index in [9.17, 15) is 56.2 Å². The Morgan fingerprint density at radius 2 is 1.28 bits per heavy atom. The summed E-state index contributed by atoms with van der Waals surface area (Å²) in [4.78, 5) is 0. The number of aliphatic hydroxyl groups is 7. The number of hydrogen-bond acceptors (Lipinski definition) is 16. The van der Waals surface area contributed by atoms with Crippen LogP contribution in [-0.4, -0.2) is 137 Å². The van der Waals surface area contributed by atoms with Crippen LogP contribution in [0.25, 0.3) is 28.4 Å². The van der Waals surface area contributed by atoms with E-state index in [0.29, 0.717) is 0 Å². The van der Waals surface area contributed by atoms with Gasteiger partial charge < -0.3 is 79.9 Å². The second kappa shape index (κ2) is 16.1. The maximum Gasteiger partial charge on any atom is 0.402 e. The normalized spacial score (nSPS) is 29.0. The summed E-state index contributed by atoms with van der Waals surface area (Å²) in [5.74, 6) is -1.81. The van der Waals surface area contributed by atoms with Gasteiger partial charge in [-0.05, 0) is 29.8 Å². The van der Waals surface area contributed by atoms with Crippen LogP contribution in [0.5, 0.6) is 34.5 Å². The van der Waals surface area contributed by atoms with Gasteiger partial charge in [0, 0.05) is 18.2 Å². The maximum absolute atomic E-state index is 10.9. The average Bonchev–Trinajstić information content (AvgIpc) is 3.14. The van der Waals surface area contributed by atoms with E-state index in [1.807, 2.05) is 0 Å². The monoisotopic (exact) mass is 743 g/mol. The number of aliphatic hydroxyl groups excluding tert-OH is 7. The Morgan fingerprint density at radius 3 is 1.94 bits per heavy atom. The molecule has 11 N–H and O–H groups in total. The van der Waals surface area contributed by atoms with Crippen LogP contribution >= 0.6 is 0 Å². The molecule has 3 aromatic carbocycles. The van der Waals surface area contributed by atoms with Crippen LogP contribution in [0.15, 0.2) is 71.2 Å². The summed E-state index contributed by atoms with van der Waals surface area (Å²) in [6, 6.07) is 13.7. The van der Waals surface area contributed by atoms with Gasteiger partial charge in [-0.2, -0.15) is 0 Å². The van der Waals surface area contributed by atoms with Gasteiger partial charge in [0.25, 0.3) is 0 Å². The number of hydrogen-bond donors (Lipinski definition) is 11. The highest BCUT2D eigenvalue weighted by atomic mass is 16.7. The number of phenolic OH excluding ortho intramolecular Hbond substituents is 4. The summed E-state index contributed by atoms with van der Waals surface area (Å²) in [5, 5.41) is 113. The summed E-state index contributed by atoms with van der Waals surface area (Å²) in [7, 11) is 0. The van der Waals surface area contributed by atoms with Crippen molar-refractivity contribution >= 4 is 17.0 Å². The second-order valence-corrected chi connectivity index (χ2v) is 12.5. The van der Waals surface area contributed by atoms with Crippen molar-refractivity contribution in [1.82, 2.24) is 0 Å². The lowest BCUT2D eigenvalue weighted by Gasteiger charge is -2.40. The van der Waals surface area contributed by atoms with Gasteiger partial charge in [0.05, 0.1) is 31.5 Å². The smallest absolute Gasteiger partial charge is 0.402 e. The summed E-state index contributed by atoms with van der Waals surface area (Å²) < 4.78 is 34.9. The van der Waals surface area contributed by atoms with Crippen LogP contribution in [0.4, 0.5) is 0 Å². The zero-order valence-corrected chi connectivity index (χ0v) is 27.7. The molecule has 0 bridgehead atoms. The van der Waals surface area contributed by atoms with Crippen molar-refractivity contribution in [3.05, 3.63) is 72.3 Å². The predicted octanol–water partition coefficient (Wildman–Crippen LogP) is 0.298. The number of fused-ring (bicyclic) bond motifs is 1. The number of ether oxygens (including phenoxy) is 5. The third kappa shape index (κ3) is 8.24. The van der Waals surface area contributed by atoms with Gasteiger partial charge in [-0.3, -0.25) is 0 Å². The first-order chi connectivity index (χ1) is 25.3. The third-order valence-electron chi connectivity index (χ3n) is 8.74. The highest BCUT2D eigenvalue weighted by Crippen LogP contribution is 2.43. The Balaban J connectivity index is 1.30. The van der Waals surface area contributed by atoms with E-state index in [0.717, 1.165) is 17.7 Å². The largest absolute Gasteiger partial charge is 0.508 e. The summed E-state index contributed by atoms with van der Waals surface area (Å²) >= 11 is 0. The van der Waals surface area contributed by atoms with Gasteiger partial charge >= 0.3 is 11.3 Å². The molecule has 284 valence electrons. The minimum atomic E-state index is -1.82. The molecule has 6 rings (SSSR count). The first-order valence-corrected chi connectivity index (χ1v) is 16.4. The van der Waals surface area contributed by atoms with E-state index in [2.05, 4.69) is 0 Å². The Bertz CT molecular complexity index is 1900. The molecule has 0 unspecified atom stereocenters. The van der Waals surface area contributed by atoms with Crippen LogP contribution in [0.1, 0.15) is 5.56 Å². The van der Waals surface area contributed by atoms with Crippen molar-refractivity contribution < 1.29 is 84.3 Å². The Hall–Kier alpha value is -4.79. The quantitative estimate of drug-likeness (QED) is 0.0560. The van der Waals surface area contributed by atoms with Crippen molar-refractivity contribution in [2.45, 2.75) is 61.4 Å². The summed E-state index contributed by atoms with van der Waals surface area (Å²) in [6.45, 7) is -0.907. The Kier molecular flexibility index (Phi) is 11.5. The molecule has 3 heterocycles. The lowest BCUT2D eigenvalue weighted by atomic mass is 9.99. The molecule has 10 atom stereocenters. The first kappa shape index (κ1) is 38.0.